The molecule has 0 fully saturated rings. The van der Waals surface area contributed by atoms with Crippen molar-refractivity contribution >= 4 is 33.3 Å². The molecule has 0 spiro atoms. The van der Waals surface area contributed by atoms with E-state index in [-0.39, 0.29) is 11.4 Å². The molecule has 0 saturated heterocycles. The van der Waals surface area contributed by atoms with Crippen LogP contribution in [0, 0.1) is 12.7 Å². The molecule has 5 aromatic rings. The molecular weight excluding hydrogens is 435 g/mol. The van der Waals surface area contributed by atoms with Crippen LogP contribution in [0.25, 0.3) is 32.8 Å². The number of fused-ring (bicyclic) bond motifs is 1. The lowest BCUT2D eigenvalue weighted by molar-refractivity contribution is 0.425. The fourth-order valence-electron chi connectivity index (χ4n) is 3.10. The van der Waals surface area contributed by atoms with E-state index in [2.05, 4.69) is 20.1 Å². The van der Waals surface area contributed by atoms with Crippen LogP contribution in [0.5, 0.6) is 0 Å². The quantitative estimate of drug-likeness (QED) is 0.283. The molecule has 0 atom stereocenters. The van der Waals surface area contributed by atoms with Gasteiger partial charge in [0, 0.05) is 16.5 Å². The average molecular weight is 451 g/mol. The number of aryl methyl sites for hydroxylation is 1. The molecule has 5 rings (SSSR count). The second kappa shape index (κ2) is 8.09. The van der Waals surface area contributed by atoms with Crippen LogP contribution in [0.1, 0.15) is 11.4 Å². The molecule has 0 amide bonds. The van der Waals surface area contributed by atoms with Crippen molar-refractivity contribution in [2.45, 2.75) is 17.8 Å². The number of aromatic nitrogens is 4. The summed E-state index contributed by atoms with van der Waals surface area (Å²) in [5, 5.41) is 6.85. The molecule has 31 heavy (non-hydrogen) atoms. The molecule has 0 radical (unpaired) electrons. The lowest BCUT2D eigenvalue weighted by Gasteiger charge is -2.01. The van der Waals surface area contributed by atoms with Gasteiger partial charge in [-0.15, -0.1) is 11.3 Å². The van der Waals surface area contributed by atoms with Crippen molar-refractivity contribution in [3.05, 3.63) is 81.5 Å². The van der Waals surface area contributed by atoms with Crippen LogP contribution in [-0.2, 0) is 5.75 Å². The smallest absolute Gasteiger partial charge is 0.260 e. The lowest BCUT2D eigenvalue weighted by Crippen LogP contribution is -2.08. The average Bonchev–Trinajstić information content (AvgIpc) is 3.41. The molecular formula is C22H15FN4O2S2. The fourth-order valence-corrected chi connectivity index (χ4v) is 4.81. The number of H-pyrrole nitrogens is 1. The van der Waals surface area contributed by atoms with Crippen molar-refractivity contribution < 1.29 is 8.91 Å². The lowest BCUT2D eigenvalue weighted by atomic mass is 10.1. The maximum absolute atomic E-state index is 13.2. The highest BCUT2D eigenvalue weighted by atomic mass is 32.2. The zero-order valence-corrected chi connectivity index (χ0v) is 17.9. The summed E-state index contributed by atoms with van der Waals surface area (Å²) >= 11 is 2.70. The van der Waals surface area contributed by atoms with E-state index in [1.807, 2.05) is 36.6 Å². The third-order valence-electron chi connectivity index (χ3n) is 4.68. The van der Waals surface area contributed by atoms with Crippen molar-refractivity contribution in [3.63, 3.8) is 0 Å². The first kappa shape index (κ1) is 19.7. The molecule has 0 aliphatic rings. The van der Waals surface area contributed by atoms with Gasteiger partial charge in [0.15, 0.2) is 11.0 Å². The SMILES string of the molecule is Cc1ccc(-c2nc(CSc3nc4scc(-c5ccc(F)cc5)c4c(=O)[nH]3)no2)cc1. The topological polar surface area (TPSA) is 84.7 Å². The fraction of sp³-hybridized carbons (Fsp3) is 0.0909. The number of hydrogen-bond donors (Lipinski definition) is 1. The van der Waals surface area contributed by atoms with Crippen molar-refractivity contribution in [2.24, 2.45) is 0 Å². The molecule has 3 heterocycles. The summed E-state index contributed by atoms with van der Waals surface area (Å²) < 4.78 is 18.6. The number of nitrogens with zero attached hydrogens (tertiary/aromatic N) is 3. The Morgan fingerprint density at radius 3 is 2.58 bits per heavy atom. The minimum Gasteiger partial charge on any atom is -0.334 e. The van der Waals surface area contributed by atoms with Crippen LogP contribution in [0.3, 0.4) is 0 Å². The molecule has 0 unspecified atom stereocenters. The predicted octanol–water partition coefficient (Wildman–Crippen LogP) is 5.44. The minimum atomic E-state index is -0.319. The molecule has 154 valence electrons. The van der Waals surface area contributed by atoms with E-state index in [0.717, 1.165) is 22.3 Å². The van der Waals surface area contributed by atoms with Crippen molar-refractivity contribution in [1.82, 2.24) is 20.1 Å². The van der Waals surface area contributed by atoms with Gasteiger partial charge in [-0.3, -0.25) is 4.79 Å². The van der Waals surface area contributed by atoms with E-state index in [1.165, 1.54) is 35.2 Å². The Morgan fingerprint density at radius 2 is 1.81 bits per heavy atom. The van der Waals surface area contributed by atoms with E-state index < -0.39 is 0 Å². The van der Waals surface area contributed by atoms with Crippen LogP contribution in [-0.4, -0.2) is 20.1 Å². The minimum absolute atomic E-state index is 0.235. The van der Waals surface area contributed by atoms with Gasteiger partial charge in [-0.05, 0) is 36.8 Å². The Hall–Kier alpha value is -3.30. The largest absolute Gasteiger partial charge is 0.334 e. The van der Waals surface area contributed by atoms with Crippen LogP contribution in [0.4, 0.5) is 4.39 Å². The number of rotatable bonds is 5. The zero-order valence-electron chi connectivity index (χ0n) is 16.3. The van der Waals surface area contributed by atoms with E-state index >= 15 is 0 Å². The van der Waals surface area contributed by atoms with Gasteiger partial charge in [0.2, 0.25) is 0 Å². The third-order valence-corrected chi connectivity index (χ3v) is 6.42. The highest BCUT2D eigenvalue weighted by molar-refractivity contribution is 7.98. The molecule has 6 nitrogen and oxygen atoms in total. The first-order valence-corrected chi connectivity index (χ1v) is 11.2. The van der Waals surface area contributed by atoms with Gasteiger partial charge in [-0.2, -0.15) is 4.98 Å². The Labute approximate surface area is 184 Å². The molecule has 0 bridgehead atoms. The number of thioether (sulfide) groups is 1. The van der Waals surface area contributed by atoms with Crippen LogP contribution in [0.2, 0.25) is 0 Å². The van der Waals surface area contributed by atoms with Gasteiger partial charge in [0.1, 0.15) is 10.6 Å². The van der Waals surface area contributed by atoms with Gasteiger partial charge >= 0.3 is 0 Å². The van der Waals surface area contributed by atoms with E-state index in [0.29, 0.717) is 32.8 Å². The number of benzene rings is 2. The third kappa shape index (κ3) is 4.01. The van der Waals surface area contributed by atoms with E-state index in [4.69, 9.17) is 4.52 Å². The van der Waals surface area contributed by atoms with E-state index in [9.17, 15) is 9.18 Å². The summed E-state index contributed by atoms with van der Waals surface area (Å²) in [6.45, 7) is 2.01. The molecule has 3 aromatic heterocycles. The van der Waals surface area contributed by atoms with E-state index in [1.54, 1.807) is 12.1 Å². The van der Waals surface area contributed by atoms with Gasteiger partial charge in [-0.1, -0.05) is 46.7 Å². The van der Waals surface area contributed by atoms with Crippen molar-refractivity contribution in [1.29, 1.82) is 0 Å². The van der Waals surface area contributed by atoms with Crippen LogP contribution >= 0.6 is 23.1 Å². The first-order chi connectivity index (χ1) is 15.1. The summed E-state index contributed by atoms with van der Waals surface area (Å²) in [7, 11) is 0. The summed E-state index contributed by atoms with van der Waals surface area (Å²) in [6, 6.07) is 13.9. The van der Waals surface area contributed by atoms with Gasteiger partial charge < -0.3 is 9.51 Å². The standard InChI is InChI=1S/C22H15FN4O2S2/c1-12-2-4-14(5-3-12)20-24-17(27-29-20)11-31-22-25-19(28)18-16(10-30-21(18)26-22)13-6-8-15(23)9-7-13/h2-10H,11H2,1H3,(H,25,26,28). The second-order valence-corrected chi connectivity index (χ2v) is 8.70. The number of hydrogen-bond acceptors (Lipinski definition) is 7. The van der Waals surface area contributed by atoms with Crippen LogP contribution < -0.4 is 5.56 Å². The summed E-state index contributed by atoms with van der Waals surface area (Å²) in [4.78, 5) is 25.1. The van der Waals surface area contributed by atoms with Crippen molar-refractivity contribution in [3.8, 4) is 22.6 Å². The first-order valence-electron chi connectivity index (χ1n) is 9.37. The van der Waals surface area contributed by atoms with Gasteiger partial charge in [0.05, 0.1) is 11.1 Å². The maximum atomic E-state index is 13.2. The zero-order chi connectivity index (χ0) is 21.4. The monoisotopic (exact) mass is 450 g/mol. The molecule has 0 saturated carbocycles. The Balaban J connectivity index is 1.36. The Bertz CT molecular complexity index is 1420. The second-order valence-electron chi connectivity index (χ2n) is 6.88. The van der Waals surface area contributed by atoms with Crippen LogP contribution in [0.15, 0.2) is 68.4 Å². The molecule has 1 N–H and O–H groups in total. The maximum Gasteiger partial charge on any atom is 0.260 e. The number of nitrogens with one attached hydrogen (secondary N) is 1. The molecule has 0 aliphatic heterocycles. The number of thiophene rings is 1. The molecule has 2 aromatic carbocycles. The Morgan fingerprint density at radius 1 is 1.06 bits per heavy atom. The highest BCUT2D eigenvalue weighted by Gasteiger charge is 2.15. The van der Waals surface area contributed by atoms with Gasteiger partial charge in [-0.25, -0.2) is 9.37 Å². The van der Waals surface area contributed by atoms with Crippen molar-refractivity contribution in [2.75, 3.05) is 0 Å². The number of halogens is 1. The number of aromatic amines is 1. The molecule has 0 aliphatic carbocycles. The molecule has 9 heteroatoms. The summed E-state index contributed by atoms with van der Waals surface area (Å²) in [6.07, 6.45) is 0. The highest BCUT2D eigenvalue weighted by Crippen LogP contribution is 2.32. The van der Waals surface area contributed by atoms with Gasteiger partial charge in [0.25, 0.3) is 11.4 Å². The summed E-state index contributed by atoms with van der Waals surface area (Å²) in [5.41, 5.74) is 3.29. The summed E-state index contributed by atoms with van der Waals surface area (Å²) in [5.74, 6) is 1.05. The Kier molecular flexibility index (Phi) is 5.13. The predicted molar refractivity (Wildman–Crippen MR) is 120 cm³/mol. The normalized spacial score (nSPS) is 11.3.